The van der Waals surface area contributed by atoms with Crippen LogP contribution in [0, 0.1) is 0 Å². The number of aliphatic hydroxyl groups excluding tert-OH is 1. The number of sulfonamides is 1. The molecule has 0 unspecified atom stereocenters. The summed E-state index contributed by atoms with van der Waals surface area (Å²) in [4.78, 5) is 10.4. The average molecular weight is 303 g/mol. The summed E-state index contributed by atoms with van der Waals surface area (Å²) in [6.07, 6.45) is 3.70. The van der Waals surface area contributed by atoms with Crippen LogP contribution in [-0.2, 0) is 21.4 Å². The van der Waals surface area contributed by atoms with Crippen molar-refractivity contribution >= 4 is 16.0 Å². The summed E-state index contributed by atoms with van der Waals surface area (Å²) in [5.41, 5.74) is 0. The Morgan fingerprint density at radius 3 is 2.80 bits per heavy atom. The van der Waals surface area contributed by atoms with Crippen molar-refractivity contribution in [1.82, 2.24) is 14.1 Å². The molecular weight excluding hydrogens is 286 g/mol. The summed E-state index contributed by atoms with van der Waals surface area (Å²) in [6.45, 7) is 3.28. The molecule has 1 aromatic heterocycles. The molecule has 0 spiro atoms. The fourth-order valence-electron chi connectivity index (χ4n) is 1.52. The van der Waals surface area contributed by atoms with Crippen molar-refractivity contribution in [2.45, 2.75) is 17.9 Å². The lowest BCUT2D eigenvalue weighted by Gasteiger charge is -2.18. The lowest BCUT2D eigenvalue weighted by Crippen LogP contribution is -2.33. The number of aliphatic carboxylic acids is 1. The smallest absolute Gasteiger partial charge is 0.305 e. The third-order valence-corrected chi connectivity index (χ3v) is 4.30. The van der Waals surface area contributed by atoms with Crippen LogP contribution < -0.4 is 0 Å². The van der Waals surface area contributed by atoms with Crippen LogP contribution in [-0.4, -0.2) is 58.4 Å². The van der Waals surface area contributed by atoms with Gasteiger partial charge in [-0.05, 0) is 0 Å². The van der Waals surface area contributed by atoms with Crippen LogP contribution in [0.25, 0.3) is 0 Å². The minimum absolute atomic E-state index is 0.0433. The normalized spacial score (nSPS) is 11.7. The van der Waals surface area contributed by atoms with Gasteiger partial charge in [0.25, 0.3) is 0 Å². The summed E-state index contributed by atoms with van der Waals surface area (Å²) < 4.78 is 26.8. The summed E-state index contributed by atoms with van der Waals surface area (Å²) >= 11 is 0. The highest BCUT2D eigenvalue weighted by Gasteiger charge is 2.24. The summed E-state index contributed by atoms with van der Waals surface area (Å²) in [5, 5.41) is 21.3. The first-order chi connectivity index (χ1) is 9.41. The molecule has 112 valence electrons. The lowest BCUT2D eigenvalue weighted by atomic mass is 10.4. The highest BCUT2D eigenvalue weighted by atomic mass is 32.2. The maximum Gasteiger partial charge on any atom is 0.305 e. The topological polar surface area (TPSA) is 113 Å². The molecule has 0 aliphatic rings. The molecule has 1 aromatic rings. The predicted octanol–water partition coefficient (Wildman–Crippen LogP) is -0.473. The van der Waals surface area contributed by atoms with E-state index in [4.69, 9.17) is 10.2 Å². The molecule has 20 heavy (non-hydrogen) atoms. The standard InChI is InChI=1S/C11H17N3O5S/c1-2-4-14(6-7-15)20(18,19)10-8-12-13(9-10)5-3-11(16)17/h2,8-9,15H,1,3-7H2,(H,16,17). The minimum atomic E-state index is -3.77. The monoisotopic (exact) mass is 303 g/mol. The van der Waals surface area contributed by atoms with Crippen molar-refractivity contribution in [1.29, 1.82) is 0 Å². The third kappa shape index (κ3) is 4.15. The van der Waals surface area contributed by atoms with E-state index in [1.807, 2.05) is 0 Å². The van der Waals surface area contributed by atoms with Gasteiger partial charge >= 0.3 is 5.97 Å². The SMILES string of the molecule is C=CCN(CCO)S(=O)(=O)c1cnn(CCC(=O)O)c1. The highest BCUT2D eigenvalue weighted by molar-refractivity contribution is 7.89. The number of aromatic nitrogens is 2. The molecule has 0 saturated carbocycles. The predicted molar refractivity (Wildman–Crippen MR) is 70.5 cm³/mol. The van der Waals surface area contributed by atoms with Gasteiger partial charge in [0.05, 0.1) is 25.8 Å². The van der Waals surface area contributed by atoms with Crippen LogP contribution in [0.4, 0.5) is 0 Å². The average Bonchev–Trinajstić information content (AvgIpc) is 2.85. The van der Waals surface area contributed by atoms with E-state index in [1.165, 1.54) is 17.0 Å². The van der Waals surface area contributed by atoms with E-state index < -0.39 is 16.0 Å². The molecule has 0 bridgehead atoms. The van der Waals surface area contributed by atoms with Gasteiger partial charge in [-0.25, -0.2) is 8.42 Å². The Bertz CT molecular complexity index is 566. The molecule has 0 radical (unpaired) electrons. The van der Waals surface area contributed by atoms with Crippen molar-refractivity contribution in [2.24, 2.45) is 0 Å². The molecule has 0 aliphatic heterocycles. The fraction of sp³-hybridized carbons (Fsp3) is 0.455. The number of rotatable bonds is 9. The van der Waals surface area contributed by atoms with Gasteiger partial charge < -0.3 is 10.2 Å². The molecule has 0 fully saturated rings. The van der Waals surface area contributed by atoms with Gasteiger partial charge in [-0.1, -0.05) is 6.08 Å². The fourth-order valence-corrected chi connectivity index (χ4v) is 2.88. The Balaban J connectivity index is 2.91. The van der Waals surface area contributed by atoms with Crippen molar-refractivity contribution in [3.05, 3.63) is 25.0 Å². The van der Waals surface area contributed by atoms with Gasteiger partial charge in [-0.15, -0.1) is 6.58 Å². The number of hydrogen-bond donors (Lipinski definition) is 2. The summed E-state index contributed by atoms with van der Waals surface area (Å²) in [6, 6.07) is 0. The molecule has 0 amide bonds. The number of aryl methyl sites for hydroxylation is 1. The Labute approximate surface area is 117 Å². The van der Waals surface area contributed by atoms with Crippen molar-refractivity contribution in [2.75, 3.05) is 19.7 Å². The van der Waals surface area contributed by atoms with E-state index in [1.54, 1.807) is 0 Å². The van der Waals surface area contributed by atoms with Crippen LogP contribution >= 0.6 is 0 Å². The number of hydrogen-bond acceptors (Lipinski definition) is 5. The van der Waals surface area contributed by atoms with E-state index in [0.717, 1.165) is 10.5 Å². The zero-order valence-electron chi connectivity index (χ0n) is 10.8. The number of carboxylic acid groups (broad SMARTS) is 1. The van der Waals surface area contributed by atoms with E-state index >= 15 is 0 Å². The van der Waals surface area contributed by atoms with Crippen LogP contribution in [0.3, 0.4) is 0 Å². The number of aliphatic hydroxyl groups is 1. The minimum Gasteiger partial charge on any atom is -0.481 e. The Morgan fingerprint density at radius 1 is 1.55 bits per heavy atom. The largest absolute Gasteiger partial charge is 0.481 e. The number of carboxylic acids is 1. The number of nitrogens with zero attached hydrogens (tertiary/aromatic N) is 3. The van der Waals surface area contributed by atoms with Gasteiger partial charge in [0.2, 0.25) is 10.0 Å². The van der Waals surface area contributed by atoms with Crippen LogP contribution in [0.15, 0.2) is 29.9 Å². The van der Waals surface area contributed by atoms with Crippen LogP contribution in [0.5, 0.6) is 0 Å². The Morgan fingerprint density at radius 2 is 2.25 bits per heavy atom. The van der Waals surface area contributed by atoms with Gasteiger partial charge in [0.15, 0.2) is 0 Å². The van der Waals surface area contributed by atoms with Crippen molar-refractivity contribution in [3.8, 4) is 0 Å². The Hall–Kier alpha value is -1.71. The molecule has 0 aromatic carbocycles. The molecule has 2 N–H and O–H groups in total. The molecule has 1 rings (SSSR count). The maximum atomic E-state index is 12.3. The number of carbonyl (C=O) groups is 1. The van der Waals surface area contributed by atoms with Crippen molar-refractivity contribution in [3.63, 3.8) is 0 Å². The molecule has 0 atom stereocenters. The zero-order chi connectivity index (χ0) is 15.2. The van der Waals surface area contributed by atoms with E-state index in [9.17, 15) is 13.2 Å². The lowest BCUT2D eigenvalue weighted by molar-refractivity contribution is -0.137. The molecule has 0 saturated heterocycles. The summed E-state index contributed by atoms with van der Waals surface area (Å²) in [7, 11) is -3.77. The second kappa shape index (κ2) is 7.17. The summed E-state index contributed by atoms with van der Waals surface area (Å²) in [5.74, 6) is -0.988. The second-order valence-electron chi connectivity index (χ2n) is 3.96. The van der Waals surface area contributed by atoms with E-state index in [0.29, 0.717) is 0 Å². The first-order valence-corrected chi connectivity index (χ1v) is 7.32. The quantitative estimate of drug-likeness (QED) is 0.596. The molecule has 8 nitrogen and oxygen atoms in total. The van der Waals surface area contributed by atoms with Gasteiger partial charge in [-0.3, -0.25) is 9.48 Å². The van der Waals surface area contributed by atoms with E-state index in [2.05, 4.69) is 11.7 Å². The first-order valence-electron chi connectivity index (χ1n) is 5.88. The molecule has 0 aliphatic carbocycles. The Kier molecular flexibility index (Phi) is 5.86. The maximum absolute atomic E-state index is 12.3. The molecular formula is C11H17N3O5S. The second-order valence-corrected chi connectivity index (χ2v) is 5.90. The van der Waals surface area contributed by atoms with Crippen LogP contribution in [0.2, 0.25) is 0 Å². The zero-order valence-corrected chi connectivity index (χ0v) is 11.7. The van der Waals surface area contributed by atoms with Gasteiger partial charge in [0.1, 0.15) is 4.90 Å². The first kappa shape index (κ1) is 16.3. The van der Waals surface area contributed by atoms with Gasteiger partial charge in [-0.2, -0.15) is 9.40 Å². The van der Waals surface area contributed by atoms with Gasteiger partial charge in [0, 0.05) is 19.3 Å². The highest BCUT2D eigenvalue weighted by Crippen LogP contribution is 2.14. The van der Waals surface area contributed by atoms with E-state index in [-0.39, 0.29) is 37.6 Å². The third-order valence-electron chi connectivity index (χ3n) is 2.48. The molecule has 1 heterocycles. The van der Waals surface area contributed by atoms with Crippen LogP contribution in [0.1, 0.15) is 6.42 Å². The van der Waals surface area contributed by atoms with Crippen molar-refractivity contribution < 1.29 is 23.4 Å². The molecule has 9 heteroatoms.